The minimum Gasteiger partial charge on any atom is -0.463 e. The predicted octanol–water partition coefficient (Wildman–Crippen LogP) is 4.48. The van der Waals surface area contributed by atoms with Gasteiger partial charge in [0.05, 0.1) is 17.3 Å². The van der Waals surface area contributed by atoms with E-state index in [0.29, 0.717) is 33.5 Å². The third-order valence-corrected chi connectivity index (χ3v) is 4.70. The molecule has 0 spiro atoms. The molecule has 0 aliphatic heterocycles. The van der Waals surface area contributed by atoms with Crippen LogP contribution in [0.1, 0.15) is 22.0 Å². The third-order valence-electron chi connectivity index (χ3n) is 4.70. The van der Waals surface area contributed by atoms with E-state index in [1.165, 1.54) is 4.90 Å². The number of hydrogen-bond donors (Lipinski definition) is 0. The lowest BCUT2D eigenvalue weighted by Crippen LogP contribution is -2.31. The molecule has 0 N–H and O–H groups in total. The van der Waals surface area contributed by atoms with Crippen LogP contribution in [0.15, 0.2) is 83.5 Å². The van der Waals surface area contributed by atoms with Gasteiger partial charge in [0.15, 0.2) is 5.76 Å². The highest BCUT2D eigenvalue weighted by Gasteiger charge is 2.28. The van der Waals surface area contributed by atoms with E-state index < -0.39 is 12.1 Å². The summed E-state index contributed by atoms with van der Waals surface area (Å²) in [6, 6.07) is 21.4. The number of hydrogen-bond acceptors (Lipinski definition) is 5. The summed E-state index contributed by atoms with van der Waals surface area (Å²) in [6.07, 6.45) is 0.499. The Labute approximate surface area is 173 Å². The first-order valence-corrected chi connectivity index (χ1v) is 9.45. The van der Waals surface area contributed by atoms with Crippen molar-refractivity contribution in [1.29, 1.82) is 0 Å². The fraction of sp³-hybridized carbons (Fsp3) is 0.125. The molecule has 0 unspecified atom stereocenters. The molecule has 6 nitrogen and oxygen atoms in total. The highest BCUT2D eigenvalue weighted by atomic mass is 16.5. The molecule has 2 heterocycles. The molecule has 0 radical (unpaired) electrons. The standard InChI is InChI=1S/C24H20N2O4/c1-26(2)23(27)22(16-9-4-3-5-10-16)30-24(28)18-15-20(21-13-8-14-29-21)25-19-12-7-6-11-17(18)19/h3-15,22H,1-2H3/t22-/m1/s1. The molecule has 0 aliphatic rings. The number of rotatable bonds is 5. The average molecular weight is 400 g/mol. The smallest absolute Gasteiger partial charge is 0.340 e. The van der Waals surface area contributed by atoms with Gasteiger partial charge < -0.3 is 14.1 Å². The van der Waals surface area contributed by atoms with E-state index in [-0.39, 0.29) is 5.91 Å². The molecule has 2 aromatic carbocycles. The number of esters is 1. The third kappa shape index (κ3) is 3.80. The van der Waals surface area contributed by atoms with Crippen LogP contribution in [0.4, 0.5) is 0 Å². The topological polar surface area (TPSA) is 72.6 Å². The summed E-state index contributed by atoms with van der Waals surface area (Å²) in [5, 5.41) is 0.641. The van der Waals surface area contributed by atoms with Crippen molar-refractivity contribution in [2.75, 3.05) is 14.1 Å². The molecule has 1 atom stereocenters. The molecule has 2 aromatic heterocycles. The zero-order valence-electron chi connectivity index (χ0n) is 16.6. The Morgan fingerprint density at radius 1 is 0.967 bits per heavy atom. The molecular weight excluding hydrogens is 380 g/mol. The number of carbonyl (C=O) groups is 2. The van der Waals surface area contributed by atoms with E-state index in [9.17, 15) is 9.59 Å². The van der Waals surface area contributed by atoms with E-state index in [2.05, 4.69) is 4.98 Å². The highest BCUT2D eigenvalue weighted by molar-refractivity contribution is 6.05. The SMILES string of the molecule is CN(C)C(=O)[C@H](OC(=O)c1cc(-c2ccco2)nc2ccccc12)c1ccccc1. The second kappa shape index (κ2) is 8.21. The molecule has 4 aromatic rings. The minimum atomic E-state index is -1.05. The van der Waals surface area contributed by atoms with E-state index in [1.807, 2.05) is 24.3 Å². The first kappa shape index (κ1) is 19.4. The Hall–Kier alpha value is -3.93. The Kier molecular flexibility index (Phi) is 5.30. The van der Waals surface area contributed by atoms with Gasteiger partial charge in [-0.25, -0.2) is 9.78 Å². The quantitative estimate of drug-likeness (QED) is 0.462. The van der Waals surface area contributed by atoms with Gasteiger partial charge in [0.1, 0.15) is 5.69 Å². The maximum Gasteiger partial charge on any atom is 0.340 e. The Morgan fingerprint density at radius 2 is 1.70 bits per heavy atom. The van der Waals surface area contributed by atoms with Crippen molar-refractivity contribution in [1.82, 2.24) is 9.88 Å². The molecule has 0 bridgehead atoms. The maximum absolute atomic E-state index is 13.2. The molecular formula is C24H20N2O4. The van der Waals surface area contributed by atoms with Crippen LogP contribution in [-0.2, 0) is 9.53 Å². The molecule has 1 amide bonds. The number of likely N-dealkylation sites (N-methyl/N-ethyl adjacent to an activating group) is 1. The van der Waals surface area contributed by atoms with Gasteiger partial charge in [0.25, 0.3) is 5.91 Å². The Balaban J connectivity index is 1.77. The summed E-state index contributed by atoms with van der Waals surface area (Å²) in [6.45, 7) is 0. The number of furan rings is 1. The van der Waals surface area contributed by atoms with Gasteiger partial charge in [-0.05, 0) is 24.3 Å². The number of amides is 1. The van der Waals surface area contributed by atoms with E-state index in [1.54, 1.807) is 68.9 Å². The summed E-state index contributed by atoms with van der Waals surface area (Å²) in [5.74, 6) is -0.386. The minimum absolute atomic E-state index is 0.319. The lowest BCUT2D eigenvalue weighted by atomic mass is 10.1. The van der Waals surface area contributed by atoms with Gasteiger partial charge in [0, 0.05) is 25.0 Å². The maximum atomic E-state index is 13.2. The number of aromatic nitrogens is 1. The number of carbonyl (C=O) groups excluding carboxylic acids is 2. The second-order valence-corrected chi connectivity index (χ2v) is 6.98. The van der Waals surface area contributed by atoms with Crippen molar-refractivity contribution in [2.24, 2.45) is 0 Å². The molecule has 0 fully saturated rings. The summed E-state index contributed by atoms with van der Waals surface area (Å²) < 4.78 is 11.2. The van der Waals surface area contributed by atoms with Crippen LogP contribution in [0.25, 0.3) is 22.4 Å². The Bertz CT molecular complexity index is 1180. The van der Waals surface area contributed by atoms with Gasteiger partial charge in [-0.3, -0.25) is 4.79 Å². The monoisotopic (exact) mass is 400 g/mol. The van der Waals surface area contributed by atoms with E-state index >= 15 is 0 Å². The summed E-state index contributed by atoms with van der Waals surface area (Å²) in [7, 11) is 3.26. The van der Waals surface area contributed by atoms with Gasteiger partial charge in [-0.2, -0.15) is 0 Å². The van der Waals surface area contributed by atoms with Crippen LogP contribution in [0, 0.1) is 0 Å². The predicted molar refractivity (Wildman–Crippen MR) is 113 cm³/mol. The largest absolute Gasteiger partial charge is 0.463 e. The van der Waals surface area contributed by atoms with E-state index in [4.69, 9.17) is 9.15 Å². The summed E-state index contributed by atoms with van der Waals surface area (Å²) in [4.78, 5) is 32.0. The van der Waals surface area contributed by atoms with Gasteiger partial charge in [0.2, 0.25) is 6.10 Å². The first-order chi connectivity index (χ1) is 14.5. The summed E-state index contributed by atoms with van der Waals surface area (Å²) >= 11 is 0. The van der Waals surface area contributed by atoms with Crippen LogP contribution in [-0.4, -0.2) is 35.9 Å². The van der Waals surface area contributed by atoms with Crippen LogP contribution in [0.3, 0.4) is 0 Å². The fourth-order valence-electron chi connectivity index (χ4n) is 3.19. The zero-order valence-corrected chi connectivity index (χ0v) is 16.6. The molecule has 150 valence electrons. The van der Waals surface area contributed by atoms with Crippen LogP contribution in [0.5, 0.6) is 0 Å². The number of fused-ring (bicyclic) bond motifs is 1. The van der Waals surface area contributed by atoms with Crippen molar-refractivity contribution >= 4 is 22.8 Å². The van der Waals surface area contributed by atoms with Crippen LogP contribution in [0.2, 0.25) is 0 Å². The number of ether oxygens (including phenoxy) is 1. The fourth-order valence-corrected chi connectivity index (χ4v) is 3.19. The summed E-state index contributed by atoms with van der Waals surface area (Å²) in [5.41, 5.74) is 2.07. The van der Waals surface area contributed by atoms with Crippen molar-refractivity contribution in [2.45, 2.75) is 6.10 Å². The Morgan fingerprint density at radius 3 is 2.40 bits per heavy atom. The molecule has 30 heavy (non-hydrogen) atoms. The molecule has 0 aliphatic carbocycles. The zero-order chi connectivity index (χ0) is 21.1. The van der Waals surface area contributed by atoms with Gasteiger partial charge in [-0.15, -0.1) is 0 Å². The van der Waals surface area contributed by atoms with Gasteiger partial charge >= 0.3 is 5.97 Å². The molecule has 4 rings (SSSR count). The van der Waals surface area contributed by atoms with Crippen molar-refractivity contribution in [3.05, 3.63) is 90.2 Å². The number of pyridine rings is 1. The molecule has 0 saturated carbocycles. The normalized spacial score (nSPS) is 11.8. The number of para-hydroxylation sites is 1. The molecule has 0 saturated heterocycles. The first-order valence-electron chi connectivity index (χ1n) is 9.45. The average Bonchev–Trinajstić information content (AvgIpc) is 3.31. The van der Waals surface area contributed by atoms with E-state index in [0.717, 1.165) is 0 Å². The van der Waals surface area contributed by atoms with Crippen LogP contribution < -0.4 is 0 Å². The van der Waals surface area contributed by atoms with Gasteiger partial charge in [-0.1, -0.05) is 48.5 Å². The lowest BCUT2D eigenvalue weighted by molar-refractivity contribution is -0.138. The van der Waals surface area contributed by atoms with Crippen molar-refractivity contribution < 1.29 is 18.7 Å². The number of benzene rings is 2. The highest BCUT2D eigenvalue weighted by Crippen LogP contribution is 2.28. The van der Waals surface area contributed by atoms with Crippen LogP contribution >= 0.6 is 0 Å². The molecule has 6 heteroatoms. The lowest BCUT2D eigenvalue weighted by Gasteiger charge is -2.21. The van der Waals surface area contributed by atoms with Crippen molar-refractivity contribution in [3.8, 4) is 11.5 Å². The van der Waals surface area contributed by atoms with Crippen molar-refractivity contribution in [3.63, 3.8) is 0 Å². The second-order valence-electron chi connectivity index (χ2n) is 6.98. The number of nitrogens with zero attached hydrogens (tertiary/aromatic N) is 2.